The second-order valence-corrected chi connectivity index (χ2v) is 9.28. The average molecular weight is 463 g/mol. The molecular formula is C24H26N6O2S. The maximum Gasteiger partial charge on any atom is 0.283 e. The molecule has 9 heteroatoms. The third-order valence-corrected chi connectivity index (χ3v) is 6.87. The van der Waals surface area contributed by atoms with Crippen LogP contribution < -0.4 is 4.74 Å². The number of aromatic nitrogens is 1. The normalized spacial score (nSPS) is 19.3. The summed E-state index contributed by atoms with van der Waals surface area (Å²) in [6, 6.07) is 9.97. The van der Waals surface area contributed by atoms with Crippen molar-refractivity contribution in [3.63, 3.8) is 0 Å². The third-order valence-electron chi connectivity index (χ3n) is 5.90. The number of amides is 1. The number of ether oxygens (including phenoxy) is 1. The molecule has 5 rings (SSSR count). The summed E-state index contributed by atoms with van der Waals surface area (Å²) in [5.74, 6) is 0.527. The molecule has 0 unspecified atom stereocenters. The van der Waals surface area contributed by atoms with Crippen molar-refractivity contribution in [1.82, 2.24) is 14.5 Å². The zero-order chi connectivity index (χ0) is 22.9. The van der Waals surface area contributed by atoms with Gasteiger partial charge in [-0.25, -0.2) is 0 Å². The first-order chi connectivity index (χ1) is 16.0. The van der Waals surface area contributed by atoms with Crippen LogP contribution >= 0.6 is 11.8 Å². The van der Waals surface area contributed by atoms with E-state index in [2.05, 4.69) is 28.0 Å². The molecule has 1 fully saturated rings. The highest BCUT2D eigenvalue weighted by Crippen LogP contribution is 2.31. The number of carbonyl (C=O) groups excluding carboxylic acids is 1. The van der Waals surface area contributed by atoms with Crippen molar-refractivity contribution >= 4 is 39.9 Å². The highest BCUT2D eigenvalue weighted by molar-refractivity contribution is 8.26. The Morgan fingerprint density at radius 2 is 2.00 bits per heavy atom. The molecule has 8 nitrogen and oxygen atoms in total. The first-order valence-electron chi connectivity index (χ1n) is 11.1. The van der Waals surface area contributed by atoms with Gasteiger partial charge in [-0.2, -0.15) is 10.0 Å². The van der Waals surface area contributed by atoms with Crippen LogP contribution in [0.4, 0.5) is 0 Å². The Kier molecular flexibility index (Phi) is 5.80. The van der Waals surface area contributed by atoms with E-state index in [9.17, 15) is 4.79 Å². The monoisotopic (exact) mass is 462 g/mol. The van der Waals surface area contributed by atoms with E-state index in [4.69, 9.17) is 10.1 Å². The summed E-state index contributed by atoms with van der Waals surface area (Å²) in [4.78, 5) is 19.1. The Morgan fingerprint density at radius 1 is 1.18 bits per heavy atom. The highest BCUT2D eigenvalue weighted by atomic mass is 32.2. The highest BCUT2D eigenvalue weighted by Gasteiger charge is 2.37. The molecule has 1 amide bonds. The fraction of sp³-hybridized carbons (Fsp3) is 0.333. The van der Waals surface area contributed by atoms with Crippen molar-refractivity contribution in [3.05, 3.63) is 58.9 Å². The van der Waals surface area contributed by atoms with Gasteiger partial charge >= 0.3 is 0 Å². The number of fused-ring (bicyclic) bond motifs is 1. The van der Waals surface area contributed by atoms with E-state index >= 15 is 0 Å². The summed E-state index contributed by atoms with van der Waals surface area (Å²) < 4.78 is 7.97. The summed E-state index contributed by atoms with van der Waals surface area (Å²) in [7, 11) is 0. The maximum absolute atomic E-state index is 12.7. The minimum Gasteiger partial charge on any atom is -0.491 e. The second-order valence-electron chi connectivity index (χ2n) is 8.34. The topological polar surface area (TPSA) is 86.3 Å². The first-order valence-corrected chi connectivity index (χ1v) is 11.9. The number of hydrogen-bond donors (Lipinski definition) is 1. The van der Waals surface area contributed by atoms with Gasteiger partial charge in [0, 0.05) is 25.0 Å². The van der Waals surface area contributed by atoms with Gasteiger partial charge in [0.2, 0.25) is 5.17 Å². The number of benzene rings is 1. The Balaban J connectivity index is 1.30. The van der Waals surface area contributed by atoms with Crippen LogP contribution in [0.15, 0.2) is 52.2 Å². The van der Waals surface area contributed by atoms with Crippen molar-refractivity contribution in [3.8, 4) is 5.75 Å². The number of carbonyl (C=O) groups is 1. The van der Waals surface area contributed by atoms with E-state index in [1.54, 1.807) is 6.08 Å². The fourth-order valence-electron chi connectivity index (χ4n) is 4.14. The molecule has 2 aromatic rings. The van der Waals surface area contributed by atoms with E-state index in [0.717, 1.165) is 48.1 Å². The molecular weight excluding hydrogens is 436 g/mol. The molecule has 0 radical (unpaired) electrons. The van der Waals surface area contributed by atoms with Crippen molar-refractivity contribution in [1.29, 1.82) is 5.41 Å². The van der Waals surface area contributed by atoms with E-state index in [1.807, 2.05) is 42.0 Å². The van der Waals surface area contributed by atoms with Crippen LogP contribution in [0.25, 0.3) is 6.08 Å². The molecule has 1 N–H and O–H groups in total. The van der Waals surface area contributed by atoms with Gasteiger partial charge in [0.15, 0.2) is 11.0 Å². The molecule has 3 aliphatic rings. The number of hydrogen-bond acceptors (Lipinski definition) is 6. The predicted octanol–water partition coefficient (Wildman–Crippen LogP) is 3.86. The number of thioether (sulfide) groups is 1. The lowest BCUT2D eigenvalue weighted by atomic mass is 10.1. The summed E-state index contributed by atoms with van der Waals surface area (Å²) in [5, 5.41) is 15.9. The molecule has 1 aromatic heterocycles. The Bertz CT molecular complexity index is 1210. The SMILES string of the molecule is Cc1ccc(OCCn2cccc2/C=C2\C(=N)N3N=C(N4CCCC4)SC3=NC2=O)c(C)c1. The van der Waals surface area contributed by atoms with Gasteiger partial charge in [0.25, 0.3) is 5.91 Å². The van der Waals surface area contributed by atoms with Gasteiger partial charge in [-0.05, 0) is 68.3 Å². The molecule has 33 heavy (non-hydrogen) atoms. The molecule has 0 spiro atoms. The summed E-state index contributed by atoms with van der Waals surface area (Å²) >= 11 is 1.36. The van der Waals surface area contributed by atoms with E-state index in [1.165, 1.54) is 22.3 Å². The molecule has 3 aliphatic heterocycles. The van der Waals surface area contributed by atoms with Gasteiger partial charge in [0.05, 0.1) is 12.1 Å². The maximum atomic E-state index is 12.7. The van der Waals surface area contributed by atoms with Crippen LogP contribution in [0.5, 0.6) is 5.75 Å². The largest absolute Gasteiger partial charge is 0.491 e. The molecule has 1 aromatic carbocycles. The molecule has 0 bridgehead atoms. The third kappa shape index (κ3) is 4.32. The lowest BCUT2D eigenvalue weighted by Gasteiger charge is -2.20. The average Bonchev–Trinajstić information content (AvgIpc) is 3.53. The van der Waals surface area contributed by atoms with Crippen molar-refractivity contribution in [2.75, 3.05) is 19.7 Å². The zero-order valence-electron chi connectivity index (χ0n) is 18.7. The number of likely N-dealkylation sites (tertiary alicyclic amines) is 1. The van der Waals surface area contributed by atoms with Crippen LogP contribution in [0.3, 0.4) is 0 Å². The Morgan fingerprint density at radius 3 is 2.79 bits per heavy atom. The quantitative estimate of drug-likeness (QED) is 0.682. The lowest BCUT2D eigenvalue weighted by Crippen LogP contribution is -2.35. The van der Waals surface area contributed by atoms with Gasteiger partial charge in [-0.1, -0.05) is 17.7 Å². The first kappa shape index (κ1) is 21.5. The molecule has 4 heterocycles. The van der Waals surface area contributed by atoms with Crippen molar-refractivity contribution < 1.29 is 9.53 Å². The van der Waals surface area contributed by atoms with Gasteiger partial charge in [-0.3, -0.25) is 10.2 Å². The fourth-order valence-corrected chi connectivity index (χ4v) is 5.09. The lowest BCUT2D eigenvalue weighted by molar-refractivity contribution is -0.114. The smallest absolute Gasteiger partial charge is 0.283 e. The van der Waals surface area contributed by atoms with Gasteiger partial charge < -0.3 is 14.2 Å². The van der Waals surface area contributed by atoms with Gasteiger partial charge in [0.1, 0.15) is 12.4 Å². The molecule has 0 saturated carbocycles. The standard InChI is InChI=1S/C24H26N6O2S/c1-16-7-8-20(17(2)14-16)32-13-12-28-11-5-6-18(28)15-19-21(25)30-23(26-22(19)31)33-24(27-30)29-9-3-4-10-29/h5-8,11,14-15,25H,3-4,9-10,12-13H2,1-2H3/b19-15+,25-21?. The predicted molar refractivity (Wildman–Crippen MR) is 132 cm³/mol. The number of aliphatic imine (C=N–C) groups is 1. The van der Waals surface area contributed by atoms with Crippen LogP contribution in [-0.2, 0) is 11.3 Å². The number of aryl methyl sites for hydroxylation is 2. The number of rotatable bonds is 5. The molecule has 1 saturated heterocycles. The van der Waals surface area contributed by atoms with Crippen LogP contribution in [0.1, 0.15) is 29.7 Å². The summed E-state index contributed by atoms with van der Waals surface area (Å²) in [6.45, 7) is 7.12. The number of nitrogens with one attached hydrogen (secondary N) is 1. The molecule has 0 atom stereocenters. The minimum atomic E-state index is -0.407. The number of amidine groups is 3. The van der Waals surface area contributed by atoms with Crippen molar-refractivity contribution in [2.45, 2.75) is 33.2 Å². The molecule has 0 aliphatic carbocycles. The van der Waals surface area contributed by atoms with Crippen LogP contribution in [-0.4, -0.2) is 56.3 Å². The Labute approximate surface area is 197 Å². The summed E-state index contributed by atoms with van der Waals surface area (Å²) in [6.07, 6.45) is 5.93. The zero-order valence-corrected chi connectivity index (χ0v) is 19.6. The van der Waals surface area contributed by atoms with Crippen molar-refractivity contribution in [2.24, 2.45) is 10.1 Å². The van der Waals surface area contributed by atoms with E-state index < -0.39 is 5.91 Å². The van der Waals surface area contributed by atoms with Gasteiger partial charge in [-0.15, -0.1) is 5.10 Å². The van der Waals surface area contributed by atoms with Crippen LogP contribution in [0.2, 0.25) is 0 Å². The number of hydrazone groups is 1. The minimum absolute atomic E-state index is 0.0611. The van der Waals surface area contributed by atoms with Crippen LogP contribution in [0, 0.1) is 19.3 Å². The second kappa shape index (κ2) is 8.90. The number of nitrogens with zero attached hydrogens (tertiary/aromatic N) is 5. The molecule has 170 valence electrons. The Hall–Kier alpha value is -3.33. The van der Waals surface area contributed by atoms with E-state index in [-0.39, 0.29) is 11.4 Å². The summed E-state index contributed by atoms with van der Waals surface area (Å²) in [5.41, 5.74) is 3.37. The van der Waals surface area contributed by atoms with E-state index in [0.29, 0.717) is 18.3 Å².